The lowest BCUT2D eigenvalue weighted by molar-refractivity contribution is 0.0197. The topological polar surface area (TPSA) is 20.2 Å². The summed E-state index contributed by atoms with van der Waals surface area (Å²) in [6.07, 6.45) is 0.883. The third kappa shape index (κ3) is 0.988. The maximum absolute atomic E-state index is 9.55. The van der Waals surface area contributed by atoms with Crippen LogP contribution >= 0.6 is 0 Å². The third-order valence-electron chi connectivity index (χ3n) is 2.36. The summed E-state index contributed by atoms with van der Waals surface area (Å²) in [5.41, 5.74) is 2.66. The summed E-state index contributed by atoms with van der Waals surface area (Å²) in [7, 11) is 0. The van der Waals surface area contributed by atoms with Crippen molar-refractivity contribution in [1.82, 2.24) is 0 Å². The molecule has 1 fully saturated rings. The van der Waals surface area contributed by atoms with E-state index in [4.69, 9.17) is 0 Å². The molecule has 1 rings (SSSR count). The molecule has 0 heterocycles. The normalized spacial score (nSPS) is 29.7. The van der Waals surface area contributed by atoms with Gasteiger partial charge < -0.3 is 5.11 Å². The van der Waals surface area contributed by atoms with Crippen molar-refractivity contribution in [1.29, 1.82) is 0 Å². The highest BCUT2D eigenvalue weighted by Gasteiger charge is 2.41. The first kappa shape index (κ1) is 7.80. The molecular weight excluding hydrogens is 124 g/mol. The van der Waals surface area contributed by atoms with Crippen molar-refractivity contribution in [3.8, 4) is 0 Å². The third-order valence-corrected chi connectivity index (χ3v) is 2.36. The van der Waals surface area contributed by atoms with Gasteiger partial charge in [0.15, 0.2) is 0 Å². The standard InChI is InChI=1S/C9H16O/c1-6(2)7-5-9(3,4)8(7)10/h8,10H,5H2,1-4H3/t8-/m0/s1. The molecule has 0 spiro atoms. The molecule has 1 aliphatic carbocycles. The average Bonchev–Trinajstić information content (AvgIpc) is 1.82. The predicted octanol–water partition coefficient (Wildman–Crippen LogP) is 2.11. The highest BCUT2D eigenvalue weighted by molar-refractivity contribution is 5.27. The van der Waals surface area contributed by atoms with Gasteiger partial charge >= 0.3 is 0 Å². The van der Waals surface area contributed by atoms with Crippen LogP contribution in [0.15, 0.2) is 11.1 Å². The molecule has 0 radical (unpaired) electrons. The number of aliphatic hydroxyl groups is 1. The predicted molar refractivity (Wildman–Crippen MR) is 42.8 cm³/mol. The zero-order valence-corrected chi connectivity index (χ0v) is 7.23. The van der Waals surface area contributed by atoms with Gasteiger partial charge in [-0.1, -0.05) is 19.4 Å². The minimum atomic E-state index is -0.183. The Morgan fingerprint density at radius 2 is 2.00 bits per heavy atom. The molecule has 1 aliphatic rings. The van der Waals surface area contributed by atoms with Gasteiger partial charge in [-0.15, -0.1) is 0 Å². The highest BCUT2D eigenvalue weighted by Crippen LogP contribution is 2.45. The van der Waals surface area contributed by atoms with E-state index in [1.54, 1.807) is 0 Å². The summed E-state index contributed by atoms with van der Waals surface area (Å²) >= 11 is 0. The van der Waals surface area contributed by atoms with E-state index in [0.29, 0.717) is 0 Å². The van der Waals surface area contributed by atoms with Crippen LogP contribution in [0.1, 0.15) is 34.1 Å². The van der Waals surface area contributed by atoms with Crippen molar-refractivity contribution >= 4 is 0 Å². The second kappa shape index (κ2) is 2.09. The van der Waals surface area contributed by atoms with E-state index >= 15 is 0 Å². The Morgan fingerprint density at radius 3 is 2.10 bits per heavy atom. The lowest BCUT2D eigenvalue weighted by Crippen LogP contribution is -2.42. The molecule has 1 atom stereocenters. The second-order valence-electron chi connectivity index (χ2n) is 4.09. The summed E-state index contributed by atoms with van der Waals surface area (Å²) in [6, 6.07) is 0. The number of aliphatic hydroxyl groups excluding tert-OH is 1. The second-order valence-corrected chi connectivity index (χ2v) is 4.09. The molecule has 0 unspecified atom stereocenters. The van der Waals surface area contributed by atoms with Crippen LogP contribution in [0, 0.1) is 5.41 Å². The molecule has 1 nitrogen and oxygen atoms in total. The molecule has 0 amide bonds. The SMILES string of the molecule is CC(C)=C1CC(C)(C)[C@H]1O. The van der Waals surface area contributed by atoms with Gasteiger partial charge in [-0.3, -0.25) is 0 Å². The molecular formula is C9H16O. The largest absolute Gasteiger partial charge is 0.388 e. The Labute approximate surface area is 62.8 Å². The lowest BCUT2D eigenvalue weighted by atomic mass is 9.64. The minimum Gasteiger partial charge on any atom is -0.388 e. The fourth-order valence-corrected chi connectivity index (χ4v) is 1.47. The van der Waals surface area contributed by atoms with E-state index in [0.717, 1.165) is 6.42 Å². The van der Waals surface area contributed by atoms with Gasteiger partial charge in [-0.2, -0.15) is 0 Å². The van der Waals surface area contributed by atoms with E-state index < -0.39 is 0 Å². The number of hydrogen-bond acceptors (Lipinski definition) is 1. The zero-order chi connectivity index (χ0) is 7.94. The summed E-state index contributed by atoms with van der Waals surface area (Å²) in [6.45, 7) is 8.33. The summed E-state index contributed by atoms with van der Waals surface area (Å²) in [5.74, 6) is 0. The van der Waals surface area contributed by atoms with Crippen LogP contribution < -0.4 is 0 Å². The van der Waals surface area contributed by atoms with Crippen LogP contribution in [-0.2, 0) is 0 Å². The van der Waals surface area contributed by atoms with E-state index in [1.807, 2.05) is 0 Å². The van der Waals surface area contributed by atoms with Crippen LogP contribution in [-0.4, -0.2) is 11.2 Å². The van der Waals surface area contributed by atoms with Crippen molar-refractivity contribution in [3.05, 3.63) is 11.1 Å². The Hall–Kier alpha value is -0.300. The molecule has 1 N–H and O–H groups in total. The molecule has 0 aliphatic heterocycles. The molecule has 10 heavy (non-hydrogen) atoms. The number of rotatable bonds is 0. The fraction of sp³-hybridized carbons (Fsp3) is 0.778. The van der Waals surface area contributed by atoms with Crippen molar-refractivity contribution in [3.63, 3.8) is 0 Å². The van der Waals surface area contributed by atoms with Gasteiger partial charge in [0, 0.05) is 0 Å². The monoisotopic (exact) mass is 140 g/mol. The Balaban J connectivity index is 2.73. The van der Waals surface area contributed by atoms with Crippen LogP contribution in [0.3, 0.4) is 0 Å². The molecule has 0 aromatic heterocycles. The van der Waals surface area contributed by atoms with Gasteiger partial charge in [0.1, 0.15) is 0 Å². The summed E-state index contributed by atoms with van der Waals surface area (Å²) < 4.78 is 0. The molecule has 1 saturated carbocycles. The minimum absolute atomic E-state index is 0.132. The van der Waals surface area contributed by atoms with Gasteiger partial charge in [0.2, 0.25) is 0 Å². The van der Waals surface area contributed by atoms with Crippen LogP contribution in [0.2, 0.25) is 0 Å². The van der Waals surface area contributed by atoms with Crippen LogP contribution in [0.5, 0.6) is 0 Å². The Morgan fingerprint density at radius 1 is 1.50 bits per heavy atom. The molecule has 0 aromatic carbocycles. The molecule has 0 saturated heterocycles. The molecule has 0 bridgehead atoms. The maximum atomic E-state index is 9.55. The average molecular weight is 140 g/mol. The van der Waals surface area contributed by atoms with Gasteiger partial charge in [0.25, 0.3) is 0 Å². The first-order chi connectivity index (χ1) is 4.45. The molecule has 0 aromatic rings. The highest BCUT2D eigenvalue weighted by atomic mass is 16.3. The quantitative estimate of drug-likeness (QED) is 0.511. The van der Waals surface area contributed by atoms with Gasteiger partial charge in [-0.05, 0) is 31.3 Å². The Bertz CT molecular complexity index is 173. The number of allylic oxidation sites excluding steroid dienone is 1. The first-order valence-electron chi connectivity index (χ1n) is 3.79. The van der Waals surface area contributed by atoms with Crippen molar-refractivity contribution in [2.45, 2.75) is 40.2 Å². The summed E-state index contributed by atoms with van der Waals surface area (Å²) in [5, 5.41) is 9.55. The van der Waals surface area contributed by atoms with E-state index in [-0.39, 0.29) is 11.5 Å². The van der Waals surface area contributed by atoms with Crippen LogP contribution in [0.25, 0.3) is 0 Å². The Kier molecular flexibility index (Phi) is 1.63. The van der Waals surface area contributed by atoms with E-state index in [2.05, 4.69) is 27.7 Å². The van der Waals surface area contributed by atoms with Gasteiger partial charge in [-0.25, -0.2) is 0 Å². The van der Waals surface area contributed by atoms with Crippen molar-refractivity contribution in [2.75, 3.05) is 0 Å². The smallest absolute Gasteiger partial charge is 0.0806 e. The van der Waals surface area contributed by atoms with Crippen molar-refractivity contribution in [2.24, 2.45) is 5.41 Å². The summed E-state index contributed by atoms with van der Waals surface area (Å²) in [4.78, 5) is 0. The fourth-order valence-electron chi connectivity index (χ4n) is 1.47. The van der Waals surface area contributed by atoms with Crippen molar-refractivity contribution < 1.29 is 5.11 Å². The molecule has 1 heteroatoms. The van der Waals surface area contributed by atoms with Crippen LogP contribution in [0.4, 0.5) is 0 Å². The maximum Gasteiger partial charge on any atom is 0.0806 e. The van der Waals surface area contributed by atoms with E-state index in [1.165, 1.54) is 11.1 Å². The van der Waals surface area contributed by atoms with E-state index in [9.17, 15) is 5.11 Å². The first-order valence-corrected chi connectivity index (χ1v) is 3.79. The molecule has 58 valence electrons. The van der Waals surface area contributed by atoms with Gasteiger partial charge in [0.05, 0.1) is 6.10 Å². The zero-order valence-electron chi connectivity index (χ0n) is 7.23. The number of hydrogen-bond donors (Lipinski definition) is 1. The lowest BCUT2D eigenvalue weighted by Gasteiger charge is -2.44.